The van der Waals surface area contributed by atoms with Gasteiger partial charge in [-0.1, -0.05) is 0 Å². The standard InChI is InChI=1S/C13H10N2O5S2/c1-19-12(16)11-9(7-4-3-5-20-7)10-8(21-11)6-14-13(15-10)22(2,17)18/h3-6H,1-2H3. The SMILES string of the molecule is COC(=O)c1sc2cnc(S(C)(=O)=O)nc2c1-c1ccco1. The first-order valence-electron chi connectivity index (χ1n) is 6.03. The van der Waals surface area contributed by atoms with Crippen LogP contribution in [0.3, 0.4) is 0 Å². The lowest BCUT2D eigenvalue weighted by Crippen LogP contribution is -2.03. The highest BCUT2D eigenvalue weighted by atomic mass is 32.2. The average molecular weight is 338 g/mol. The van der Waals surface area contributed by atoms with E-state index < -0.39 is 15.8 Å². The lowest BCUT2D eigenvalue weighted by molar-refractivity contribution is 0.0607. The second-order valence-electron chi connectivity index (χ2n) is 4.41. The van der Waals surface area contributed by atoms with Gasteiger partial charge in [-0.25, -0.2) is 23.2 Å². The molecule has 22 heavy (non-hydrogen) atoms. The number of carbonyl (C=O) groups is 1. The molecule has 0 aliphatic carbocycles. The number of thiophene rings is 1. The van der Waals surface area contributed by atoms with Gasteiger partial charge in [0.25, 0.3) is 0 Å². The van der Waals surface area contributed by atoms with E-state index in [1.54, 1.807) is 12.1 Å². The molecule has 0 bridgehead atoms. The quantitative estimate of drug-likeness (QED) is 0.533. The fourth-order valence-corrected chi connectivity index (χ4v) is 3.48. The Morgan fingerprint density at radius 3 is 2.77 bits per heavy atom. The first-order valence-corrected chi connectivity index (χ1v) is 8.74. The topological polar surface area (TPSA) is 99.4 Å². The third-order valence-corrected chi connectivity index (χ3v) is 4.83. The summed E-state index contributed by atoms with van der Waals surface area (Å²) in [6.45, 7) is 0. The van der Waals surface area contributed by atoms with Gasteiger partial charge in [0, 0.05) is 12.5 Å². The van der Waals surface area contributed by atoms with Crippen molar-refractivity contribution in [1.29, 1.82) is 0 Å². The molecular weight excluding hydrogens is 328 g/mol. The Morgan fingerprint density at radius 2 is 2.18 bits per heavy atom. The lowest BCUT2D eigenvalue weighted by Gasteiger charge is -2.00. The van der Waals surface area contributed by atoms with Crippen LogP contribution in [0, 0.1) is 0 Å². The van der Waals surface area contributed by atoms with Crippen molar-refractivity contribution in [1.82, 2.24) is 9.97 Å². The molecule has 0 aliphatic heterocycles. The van der Waals surface area contributed by atoms with E-state index in [0.717, 1.165) is 17.6 Å². The molecule has 0 N–H and O–H groups in total. The molecule has 0 unspecified atom stereocenters. The van der Waals surface area contributed by atoms with E-state index in [0.29, 0.717) is 21.5 Å². The molecule has 0 aromatic carbocycles. The minimum absolute atomic E-state index is 0.285. The van der Waals surface area contributed by atoms with Crippen molar-refractivity contribution in [2.45, 2.75) is 5.16 Å². The number of hydrogen-bond donors (Lipinski definition) is 0. The summed E-state index contributed by atoms with van der Waals surface area (Å²) in [6, 6.07) is 3.33. The van der Waals surface area contributed by atoms with Crippen molar-refractivity contribution in [3.63, 3.8) is 0 Å². The number of sulfone groups is 1. The highest BCUT2D eigenvalue weighted by Gasteiger charge is 2.25. The van der Waals surface area contributed by atoms with Crippen LogP contribution in [0.1, 0.15) is 9.67 Å². The van der Waals surface area contributed by atoms with E-state index >= 15 is 0 Å². The van der Waals surface area contributed by atoms with Gasteiger partial charge in [-0.05, 0) is 12.1 Å². The van der Waals surface area contributed by atoms with Gasteiger partial charge in [0.05, 0.1) is 29.2 Å². The number of ether oxygens (including phenoxy) is 1. The zero-order valence-corrected chi connectivity index (χ0v) is 13.2. The van der Waals surface area contributed by atoms with Crippen molar-refractivity contribution in [2.24, 2.45) is 0 Å². The number of carbonyl (C=O) groups excluding carboxylic acids is 1. The maximum absolute atomic E-state index is 12.0. The molecule has 9 heteroatoms. The van der Waals surface area contributed by atoms with Crippen LogP contribution < -0.4 is 0 Å². The van der Waals surface area contributed by atoms with Crippen molar-refractivity contribution in [3.8, 4) is 11.3 Å². The summed E-state index contributed by atoms with van der Waals surface area (Å²) in [5.74, 6) is -0.139. The number of nitrogens with zero attached hydrogens (tertiary/aromatic N) is 2. The van der Waals surface area contributed by atoms with E-state index in [-0.39, 0.29) is 10.0 Å². The fourth-order valence-electron chi connectivity index (χ4n) is 1.94. The van der Waals surface area contributed by atoms with E-state index in [9.17, 15) is 13.2 Å². The summed E-state index contributed by atoms with van der Waals surface area (Å²) < 4.78 is 33.9. The number of rotatable bonds is 3. The van der Waals surface area contributed by atoms with Crippen molar-refractivity contribution < 1.29 is 22.4 Å². The summed E-state index contributed by atoms with van der Waals surface area (Å²) in [6.07, 6.45) is 3.86. The van der Waals surface area contributed by atoms with E-state index in [1.807, 2.05) is 0 Å². The maximum atomic E-state index is 12.0. The molecule has 0 amide bonds. The van der Waals surface area contributed by atoms with Crippen LogP contribution in [0.2, 0.25) is 0 Å². The van der Waals surface area contributed by atoms with Crippen molar-refractivity contribution in [2.75, 3.05) is 13.4 Å². The highest BCUT2D eigenvalue weighted by Crippen LogP contribution is 2.38. The van der Waals surface area contributed by atoms with Crippen LogP contribution in [0.4, 0.5) is 0 Å². The Balaban J connectivity index is 2.38. The third-order valence-electron chi connectivity index (χ3n) is 2.88. The van der Waals surface area contributed by atoms with E-state index in [2.05, 4.69) is 9.97 Å². The van der Waals surface area contributed by atoms with Gasteiger partial charge in [-0.3, -0.25) is 0 Å². The van der Waals surface area contributed by atoms with E-state index in [4.69, 9.17) is 9.15 Å². The van der Waals surface area contributed by atoms with Crippen molar-refractivity contribution in [3.05, 3.63) is 29.5 Å². The number of fused-ring (bicyclic) bond motifs is 1. The highest BCUT2D eigenvalue weighted by molar-refractivity contribution is 7.90. The molecule has 3 aromatic rings. The molecule has 114 valence electrons. The molecule has 0 radical (unpaired) electrons. The summed E-state index contributed by atoms with van der Waals surface area (Å²) in [5.41, 5.74) is 0.750. The van der Waals surface area contributed by atoms with Crippen LogP contribution in [-0.2, 0) is 14.6 Å². The van der Waals surface area contributed by atoms with Crippen LogP contribution >= 0.6 is 11.3 Å². The van der Waals surface area contributed by atoms with Gasteiger partial charge >= 0.3 is 5.97 Å². The van der Waals surface area contributed by atoms with Crippen LogP contribution in [0.25, 0.3) is 21.5 Å². The van der Waals surface area contributed by atoms with Crippen LogP contribution in [-0.4, -0.2) is 37.7 Å². The van der Waals surface area contributed by atoms with Crippen LogP contribution in [0.5, 0.6) is 0 Å². The number of furan rings is 1. The molecule has 0 saturated heterocycles. The molecule has 0 aliphatic rings. The summed E-state index contributed by atoms with van der Waals surface area (Å²) >= 11 is 1.12. The first kappa shape index (κ1) is 14.7. The third kappa shape index (κ3) is 2.38. The zero-order valence-electron chi connectivity index (χ0n) is 11.6. The predicted octanol–water partition coefficient (Wildman–Crippen LogP) is 2.14. The van der Waals surface area contributed by atoms with Gasteiger partial charge in [0.15, 0.2) is 0 Å². The smallest absolute Gasteiger partial charge is 0.348 e. The minimum Gasteiger partial charge on any atom is -0.465 e. The minimum atomic E-state index is -3.56. The normalized spacial score (nSPS) is 11.7. The zero-order chi connectivity index (χ0) is 15.9. The van der Waals surface area contributed by atoms with Gasteiger partial charge in [-0.15, -0.1) is 11.3 Å². The fraction of sp³-hybridized carbons (Fsp3) is 0.154. The van der Waals surface area contributed by atoms with Gasteiger partial charge in [-0.2, -0.15) is 0 Å². The molecule has 0 atom stereocenters. The molecule has 0 fully saturated rings. The van der Waals surface area contributed by atoms with E-state index in [1.165, 1.54) is 19.6 Å². The predicted molar refractivity (Wildman–Crippen MR) is 79.6 cm³/mol. The Kier molecular flexibility index (Phi) is 3.45. The molecule has 0 saturated carbocycles. The summed E-state index contributed by atoms with van der Waals surface area (Å²) in [5, 5.41) is -0.304. The second kappa shape index (κ2) is 5.18. The van der Waals surface area contributed by atoms with Crippen LogP contribution in [0.15, 0.2) is 34.2 Å². The molecular formula is C13H10N2O5S2. The molecule has 7 nitrogen and oxygen atoms in total. The summed E-state index contributed by atoms with van der Waals surface area (Å²) in [4.78, 5) is 20.2. The number of hydrogen-bond acceptors (Lipinski definition) is 8. The number of methoxy groups -OCH3 is 1. The van der Waals surface area contributed by atoms with Crippen molar-refractivity contribution >= 4 is 37.4 Å². The number of esters is 1. The van der Waals surface area contributed by atoms with Gasteiger partial charge < -0.3 is 9.15 Å². The monoisotopic (exact) mass is 338 g/mol. The summed E-state index contributed by atoms with van der Waals surface area (Å²) in [7, 11) is -2.29. The Hall–Kier alpha value is -2.26. The molecule has 3 aromatic heterocycles. The number of aromatic nitrogens is 2. The van der Waals surface area contributed by atoms with Gasteiger partial charge in [0.2, 0.25) is 15.0 Å². The average Bonchev–Trinajstić information content (AvgIpc) is 3.11. The largest absolute Gasteiger partial charge is 0.465 e. The molecule has 3 rings (SSSR count). The first-order chi connectivity index (χ1) is 10.4. The van der Waals surface area contributed by atoms with Gasteiger partial charge in [0.1, 0.15) is 10.6 Å². The molecule has 3 heterocycles. The second-order valence-corrected chi connectivity index (χ2v) is 7.37. The lowest BCUT2D eigenvalue weighted by atomic mass is 10.1. The maximum Gasteiger partial charge on any atom is 0.348 e. The Labute approximate surface area is 129 Å². The Morgan fingerprint density at radius 1 is 1.41 bits per heavy atom. The Bertz CT molecular complexity index is 958. The molecule has 0 spiro atoms.